The molecule has 1 aromatic carbocycles. The number of ether oxygens (including phenoxy) is 1. The molecule has 1 aliphatic carbocycles. The molecule has 0 radical (unpaired) electrons. The number of halogens is 1. The standard InChI is InChI=1S/C25H33FN6O4S/c26-17-8-6-16(7-9-17)21(24(34)29-18-4-2-1-3-5-18)32(11-10-31-12-14-36-15-13-31)25(35)22-19(27)20(23(28)33)30-37-22/h6-9,18,21H,1-5,10-15,27H2,(H2,28,33)(H,29,34). The van der Waals surface area contributed by atoms with E-state index in [2.05, 4.69) is 14.6 Å². The highest BCUT2D eigenvalue weighted by Gasteiger charge is 2.36. The zero-order valence-electron chi connectivity index (χ0n) is 20.7. The van der Waals surface area contributed by atoms with Crippen LogP contribution in [0.2, 0.25) is 0 Å². The molecule has 0 bridgehead atoms. The molecule has 5 N–H and O–H groups in total. The van der Waals surface area contributed by atoms with E-state index in [1.807, 2.05) is 0 Å². The van der Waals surface area contributed by atoms with Crippen LogP contribution in [0.5, 0.6) is 0 Å². The van der Waals surface area contributed by atoms with Gasteiger partial charge in [-0.2, -0.15) is 4.37 Å². The molecule has 1 aliphatic heterocycles. The second-order valence-electron chi connectivity index (χ2n) is 9.39. The fraction of sp³-hybridized carbons (Fsp3) is 0.520. The van der Waals surface area contributed by atoms with E-state index >= 15 is 0 Å². The molecule has 2 fully saturated rings. The Morgan fingerprint density at radius 2 is 1.84 bits per heavy atom. The van der Waals surface area contributed by atoms with Crippen LogP contribution in [0.15, 0.2) is 24.3 Å². The fourth-order valence-electron chi connectivity index (χ4n) is 4.83. The first kappa shape index (κ1) is 27.0. The van der Waals surface area contributed by atoms with Gasteiger partial charge in [0.15, 0.2) is 5.69 Å². The number of nitrogens with two attached hydrogens (primary N) is 2. The van der Waals surface area contributed by atoms with Crippen molar-refractivity contribution >= 4 is 34.9 Å². The van der Waals surface area contributed by atoms with Gasteiger partial charge in [-0.25, -0.2) is 4.39 Å². The van der Waals surface area contributed by atoms with E-state index in [9.17, 15) is 18.8 Å². The lowest BCUT2D eigenvalue weighted by Gasteiger charge is -2.35. The van der Waals surface area contributed by atoms with E-state index in [4.69, 9.17) is 16.2 Å². The molecule has 1 atom stereocenters. The Morgan fingerprint density at radius 3 is 2.46 bits per heavy atom. The van der Waals surface area contributed by atoms with Crippen molar-refractivity contribution in [2.75, 3.05) is 45.1 Å². The lowest BCUT2D eigenvalue weighted by Crippen LogP contribution is -2.49. The number of hydrogen-bond donors (Lipinski definition) is 3. The number of morpholine rings is 1. The van der Waals surface area contributed by atoms with Crippen LogP contribution >= 0.6 is 11.5 Å². The molecule has 1 saturated carbocycles. The number of nitrogen functional groups attached to an aromatic ring is 1. The monoisotopic (exact) mass is 532 g/mol. The number of aromatic nitrogens is 1. The van der Waals surface area contributed by atoms with E-state index in [0.29, 0.717) is 38.4 Å². The average molecular weight is 533 g/mol. The normalized spacial score (nSPS) is 17.8. The number of anilines is 1. The lowest BCUT2D eigenvalue weighted by atomic mass is 9.94. The quantitative estimate of drug-likeness (QED) is 0.448. The first-order chi connectivity index (χ1) is 17.8. The van der Waals surface area contributed by atoms with E-state index in [0.717, 1.165) is 43.6 Å². The molecule has 37 heavy (non-hydrogen) atoms. The minimum Gasteiger partial charge on any atom is -0.395 e. The molecule has 2 aromatic rings. The van der Waals surface area contributed by atoms with Crippen LogP contribution in [0.4, 0.5) is 10.1 Å². The van der Waals surface area contributed by atoms with Crippen LogP contribution in [0.1, 0.15) is 63.9 Å². The maximum Gasteiger partial charge on any atom is 0.270 e. The van der Waals surface area contributed by atoms with Gasteiger partial charge in [-0.1, -0.05) is 31.4 Å². The zero-order chi connectivity index (χ0) is 26.4. The van der Waals surface area contributed by atoms with Crippen molar-refractivity contribution in [1.82, 2.24) is 19.5 Å². The van der Waals surface area contributed by atoms with Crippen LogP contribution in [0.25, 0.3) is 0 Å². The molecule has 1 aromatic heterocycles. The third-order valence-electron chi connectivity index (χ3n) is 6.87. The Hall–Kier alpha value is -3.09. The summed E-state index contributed by atoms with van der Waals surface area (Å²) in [7, 11) is 0. The molecular formula is C25H33FN6O4S. The van der Waals surface area contributed by atoms with E-state index in [-0.39, 0.29) is 34.8 Å². The smallest absolute Gasteiger partial charge is 0.270 e. The Labute approximate surface area is 219 Å². The van der Waals surface area contributed by atoms with Crippen LogP contribution in [0.3, 0.4) is 0 Å². The number of benzene rings is 1. The van der Waals surface area contributed by atoms with Gasteiger partial charge in [0.05, 0.1) is 18.9 Å². The Balaban J connectivity index is 1.69. The average Bonchev–Trinajstić information content (AvgIpc) is 3.29. The molecule has 12 heteroatoms. The predicted molar refractivity (Wildman–Crippen MR) is 137 cm³/mol. The minimum atomic E-state index is -1.03. The van der Waals surface area contributed by atoms with Gasteiger partial charge in [0.2, 0.25) is 5.91 Å². The van der Waals surface area contributed by atoms with Crippen molar-refractivity contribution in [3.63, 3.8) is 0 Å². The van der Waals surface area contributed by atoms with Gasteiger partial charge in [-0.3, -0.25) is 19.3 Å². The third-order valence-corrected chi connectivity index (χ3v) is 7.73. The first-order valence-electron chi connectivity index (χ1n) is 12.6. The van der Waals surface area contributed by atoms with Crippen molar-refractivity contribution in [3.8, 4) is 0 Å². The number of nitrogens with one attached hydrogen (secondary N) is 1. The number of nitrogens with zero attached hydrogens (tertiary/aromatic N) is 3. The first-order valence-corrected chi connectivity index (χ1v) is 13.3. The molecular weight excluding hydrogens is 499 g/mol. The minimum absolute atomic E-state index is 0.00957. The molecule has 10 nitrogen and oxygen atoms in total. The van der Waals surface area contributed by atoms with Crippen molar-refractivity contribution in [3.05, 3.63) is 46.2 Å². The molecule has 2 aliphatic rings. The molecule has 1 unspecified atom stereocenters. The highest BCUT2D eigenvalue weighted by atomic mass is 32.1. The van der Waals surface area contributed by atoms with Crippen LogP contribution < -0.4 is 16.8 Å². The van der Waals surface area contributed by atoms with Gasteiger partial charge in [-0.05, 0) is 42.1 Å². The molecule has 4 rings (SSSR count). The SMILES string of the molecule is NC(=O)c1nsc(C(=O)N(CCN2CCOCC2)C(C(=O)NC2CCCCC2)c2ccc(F)cc2)c1N. The molecule has 1 saturated heterocycles. The highest BCUT2D eigenvalue weighted by molar-refractivity contribution is 7.09. The molecule has 0 spiro atoms. The number of carbonyl (C=O) groups excluding carboxylic acids is 3. The summed E-state index contributed by atoms with van der Waals surface area (Å²) in [6.07, 6.45) is 4.92. The van der Waals surface area contributed by atoms with E-state index in [1.54, 1.807) is 0 Å². The van der Waals surface area contributed by atoms with Crippen molar-refractivity contribution in [1.29, 1.82) is 0 Å². The predicted octanol–water partition coefficient (Wildman–Crippen LogP) is 1.93. The summed E-state index contributed by atoms with van der Waals surface area (Å²) in [5.41, 5.74) is 11.6. The molecule has 3 amide bonds. The Bertz CT molecular complexity index is 1100. The Kier molecular flexibility index (Phi) is 9.06. The number of hydrogen-bond acceptors (Lipinski definition) is 8. The van der Waals surface area contributed by atoms with E-state index in [1.165, 1.54) is 29.2 Å². The van der Waals surface area contributed by atoms with Crippen molar-refractivity contribution in [2.24, 2.45) is 5.73 Å². The van der Waals surface area contributed by atoms with Gasteiger partial charge < -0.3 is 26.4 Å². The summed E-state index contributed by atoms with van der Waals surface area (Å²) in [6.45, 7) is 3.26. The number of carbonyl (C=O) groups is 3. The maximum absolute atomic E-state index is 13.9. The van der Waals surface area contributed by atoms with Crippen molar-refractivity contribution in [2.45, 2.75) is 44.2 Å². The van der Waals surface area contributed by atoms with Gasteiger partial charge >= 0.3 is 0 Å². The largest absolute Gasteiger partial charge is 0.395 e. The number of rotatable bonds is 9. The summed E-state index contributed by atoms with van der Waals surface area (Å²) in [5, 5.41) is 3.12. The van der Waals surface area contributed by atoms with Gasteiger partial charge in [-0.15, -0.1) is 0 Å². The summed E-state index contributed by atoms with van der Waals surface area (Å²) in [4.78, 5) is 43.0. The van der Waals surface area contributed by atoms with Crippen molar-refractivity contribution < 1.29 is 23.5 Å². The van der Waals surface area contributed by atoms with Crippen LogP contribution in [-0.2, 0) is 9.53 Å². The fourth-order valence-corrected chi connectivity index (χ4v) is 5.59. The van der Waals surface area contributed by atoms with Gasteiger partial charge in [0, 0.05) is 32.2 Å². The lowest BCUT2D eigenvalue weighted by molar-refractivity contribution is -0.127. The van der Waals surface area contributed by atoms with Gasteiger partial charge in [0.1, 0.15) is 16.7 Å². The van der Waals surface area contributed by atoms with Crippen LogP contribution in [-0.4, -0.2) is 77.3 Å². The number of primary amides is 1. The van der Waals surface area contributed by atoms with Gasteiger partial charge in [0.25, 0.3) is 11.8 Å². The van der Waals surface area contributed by atoms with Crippen LogP contribution in [0, 0.1) is 5.82 Å². The highest BCUT2D eigenvalue weighted by Crippen LogP contribution is 2.30. The summed E-state index contributed by atoms with van der Waals surface area (Å²) < 4.78 is 23.2. The summed E-state index contributed by atoms with van der Waals surface area (Å²) in [6, 6.07) is 4.55. The second-order valence-corrected chi connectivity index (χ2v) is 10.2. The summed E-state index contributed by atoms with van der Waals surface area (Å²) >= 11 is 0.772. The third kappa shape index (κ3) is 6.62. The second kappa shape index (κ2) is 12.4. The summed E-state index contributed by atoms with van der Waals surface area (Å²) in [5.74, 6) is -2.16. The number of amides is 3. The topological polar surface area (TPSA) is 144 Å². The maximum atomic E-state index is 13.9. The Morgan fingerprint density at radius 1 is 1.16 bits per heavy atom. The molecule has 2 heterocycles. The molecule has 200 valence electrons. The van der Waals surface area contributed by atoms with E-state index < -0.39 is 23.7 Å². The zero-order valence-corrected chi connectivity index (χ0v) is 21.5.